The van der Waals surface area contributed by atoms with Gasteiger partial charge in [-0.2, -0.15) is 5.01 Å². The van der Waals surface area contributed by atoms with Crippen LogP contribution in [0.15, 0.2) is 45.8 Å². The second kappa shape index (κ2) is 5.90. The molecule has 2 aliphatic heterocycles. The van der Waals surface area contributed by atoms with Crippen molar-refractivity contribution in [2.75, 3.05) is 13.1 Å². The first-order valence-corrected chi connectivity index (χ1v) is 7.76. The predicted molar refractivity (Wildman–Crippen MR) is 82.2 cm³/mol. The summed E-state index contributed by atoms with van der Waals surface area (Å²) in [6.45, 7) is 5.50. The van der Waals surface area contributed by atoms with Crippen molar-refractivity contribution < 1.29 is 9.59 Å². The first kappa shape index (κ1) is 14.7. The van der Waals surface area contributed by atoms with Gasteiger partial charge in [-0.3, -0.25) is 9.59 Å². The van der Waals surface area contributed by atoms with Crippen molar-refractivity contribution in [2.45, 2.75) is 13.8 Å². The quantitative estimate of drug-likeness (QED) is 0.631. The summed E-state index contributed by atoms with van der Waals surface area (Å²) >= 11 is 1.21. The van der Waals surface area contributed by atoms with E-state index in [0.29, 0.717) is 16.2 Å². The van der Waals surface area contributed by atoms with Crippen LogP contribution in [0.4, 0.5) is 0 Å². The zero-order chi connectivity index (χ0) is 15.7. The van der Waals surface area contributed by atoms with Crippen LogP contribution in [0.2, 0.25) is 0 Å². The number of nitrogens with zero attached hydrogens (tertiary/aromatic N) is 5. The molecule has 0 unspecified atom stereocenters. The zero-order valence-electron chi connectivity index (χ0n) is 12.3. The van der Waals surface area contributed by atoms with Crippen LogP contribution in [-0.4, -0.2) is 39.3 Å². The van der Waals surface area contributed by atoms with Gasteiger partial charge in [-0.25, -0.2) is 4.90 Å². The van der Waals surface area contributed by atoms with Gasteiger partial charge in [-0.1, -0.05) is 26.0 Å². The van der Waals surface area contributed by atoms with E-state index in [0.717, 1.165) is 18.0 Å². The molecule has 3 rings (SSSR count). The molecular formula is C14H15N5O2S. The summed E-state index contributed by atoms with van der Waals surface area (Å²) < 4.78 is 1.60. The van der Waals surface area contributed by atoms with Crippen LogP contribution in [0.25, 0.3) is 0 Å². The van der Waals surface area contributed by atoms with Crippen LogP contribution in [-0.2, 0) is 0 Å². The Morgan fingerprint density at radius 1 is 1.09 bits per heavy atom. The molecule has 0 saturated carbocycles. The number of carbonyl (C=O) groups excluding carboxylic acids is 2. The molecule has 0 aliphatic carbocycles. The lowest BCUT2D eigenvalue weighted by Gasteiger charge is -2.31. The molecule has 0 radical (unpaired) electrons. The number of benzene rings is 1. The number of rotatable bonds is 4. The monoisotopic (exact) mass is 317 g/mol. The summed E-state index contributed by atoms with van der Waals surface area (Å²) in [5, 5.41) is 10.3. The van der Waals surface area contributed by atoms with Gasteiger partial charge in [-0.15, -0.1) is 9.64 Å². The molecule has 0 bridgehead atoms. The number of carbonyl (C=O) groups is 2. The molecule has 8 heteroatoms. The fourth-order valence-electron chi connectivity index (χ4n) is 2.31. The third-order valence-corrected chi connectivity index (χ3v) is 4.40. The maximum Gasteiger partial charge on any atom is 0.266 e. The highest BCUT2D eigenvalue weighted by atomic mass is 32.2. The number of imide groups is 1. The SMILES string of the molecule is CCN(CC)N1N=NC=C(N2C(=O)c3ccccc3C2=O)S1. The van der Waals surface area contributed by atoms with Crippen molar-refractivity contribution in [3.63, 3.8) is 0 Å². The molecule has 114 valence electrons. The predicted octanol–water partition coefficient (Wildman–Crippen LogP) is 2.67. The van der Waals surface area contributed by atoms with Gasteiger partial charge in [0, 0.05) is 25.0 Å². The molecule has 2 heterocycles. The van der Waals surface area contributed by atoms with Crippen molar-refractivity contribution >= 4 is 23.8 Å². The summed E-state index contributed by atoms with van der Waals surface area (Å²) in [6.07, 6.45) is 1.44. The van der Waals surface area contributed by atoms with E-state index >= 15 is 0 Å². The molecule has 0 atom stereocenters. The smallest absolute Gasteiger partial charge is 0.266 e. The van der Waals surface area contributed by atoms with Gasteiger partial charge in [0.2, 0.25) is 0 Å². The normalized spacial score (nSPS) is 17.3. The average Bonchev–Trinajstić information content (AvgIpc) is 2.81. The van der Waals surface area contributed by atoms with Crippen LogP contribution >= 0.6 is 11.9 Å². The van der Waals surface area contributed by atoms with Crippen LogP contribution in [0.1, 0.15) is 34.6 Å². The van der Waals surface area contributed by atoms with E-state index in [1.165, 1.54) is 18.1 Å². The van der Waals surface area contributed by atoms with Crippen molar-refractivity contribution in [1.29, 1.82) is 0 Å². The maximum atomic E-state index is 12.5. The molecule has 1 aromatic carbocycles. The van der Waals surface area contributed by atoms with Gasteiger partial charge in [0.25, 0.3) is 11.8 Å². The lowest BCUT2D eigenvalue weighted by Crippen LogP contribution is -2.37. The maximum absolute atomic E-state index is 12.5. The molecule has 2 amide bonds. The summed E-state index contributed by atoms with van der Waals surface area (Å²) in [4.78, 5) is 26.1. The molecule has 1 aromatic rings. The third kappa shape index (κ3) is 2.30. The van der Waals surface area contributed by atoms with Crippen LogP contribution in [0, 0.1) is 0 Å². The van der Waals surface area contributed by atoms with E-state index in [4.69, 9.17) is 0 Å². The second-order valence-corrected chi connectivity index (χ2v) is 5.57. The Morgan fingerprint density at radius 2 is 1.68 bits per heavy atom. The summed E-state index contributed by atoms with van der Waals surface area (Å²) in [6, 6.07) is 6.82. The molecule has 0 aromatic heterocycles. The van der Waals surface area contributed by atoms with Crippen molar-refractivity contribution in [1.82, 2.24) is 14.4 Å². The first-order valence-electron chi connectivity index (χ1n) is 6.99. The van der Waals surface area contributed by atoms with E-state index in [9.17, 15) is 9.59 Å². The largest absolute Gasteiger partial charge is 0.268 e. The summed E-state index contributed by atoms with van der Waals surface area (Å²) in [5.41, 5.74) is 0.844. The van der Waals surface area contributed by atoms with Gasteiger partial charge >= 0.3 is 0 Å². The van der Waals surface area contributed by atoms with Crippen molar-refractivity contribution in [2.24, 2.45) is 10.3 Å². The van der Waals surface area contributed by atoms with Gasteiger partial charge in [0.1, 0.15) is 5.03 Å². The Kier molecular flexibility index (Phi) is 3.95. The molecule has 2 aliphatic rings. The minimum absolute atomic E-state index is 0.323. The lowest BCUT2D eigenvalue weighted by atomic mass is 10.1. The highest BCUT2D eigenvalue weighted by Gasteiger charge is 2.39. The highest BCUT2D eigenvalue weighted by molar-refractivity contribution is 8.00. The van der Waals surface area contributed by atoms with Gasteiger partial charge in [0.15, 0.2) is 0 Å². The molecule has 22 heavy (non-hydrogen) atoms. The third-order valence-electron chi connectivity index (χ3n) is 3.46. The molecule has 0 spiro atoms. The van der Waals surface area contributed by atoms with Gasteiger partial charge in [-0.05, 0) is 17.4 Å². The molecule has 0 saturated heterocycles. The lowest BCUT2D eigenvalue weighted by molar-refractivity contribution is 0.0685. The van der Waals surface area contributed by atoms with Crippen molar-refractivity contribution in [3.05, 3.63) is 46.6 Å². The van der Waals surface area contributed by atoms with Crippen LogP contribution in [0.3, 0.4) is 0 Å². The molecule has 7 nitrogen and oxygen atoms in total. The Labute approximate surface area is 132 Å². The minimum Gasteiger partial charge on any atom is -0.268 e. The van der Waals surface area contributed by atoms with Gasteiger partial charge < -0.3 is 0 Å². The number of hydrazine groups is 1. The average molecular weight is 317 g/mol. The topological polar surface area (TPSA) is 68.6 Å². The van der Waals surface area contributed by atoms with Gasteiger partial charge in [0.05, 0.1) is 17.3 Å². The standard InChI is InChI=1S/C14H15N5O2S/c1-3-17(4-2)19-16-15-9-12(22-19)18-13(20)10-7-5-6-8-11(10)14(18)21/h5-9H,3-4H2,1-2H3. The summed E-state index contributed by atoms with van der Waals surface area (Å²) in [7, 11) is 0. The number of hydrogen-bond donors (Lipinski definition) is 0. The Hall–Kier alpha value is -2.19. The fraction of sp³-hybridized carbons (Fsp3) is 0.286. The van der Waals surface area contributed by atoms with E-state index < -0.39 is 0 Å². The highest BCUT2D eigenvalue weighted by Crippen LogP contribution is 2.35. The van der Waals surface area contributed by atoms with E-state index in [-0.39, 0.29) is 11.8 Å². The van der Waals surface area contributed by atoms with Crippen LogP contribution in [0.5, 0.6) is 0 Å². The summed E-state index contributed by atoms with van der Waals surface area (Å²) in [5.74, 6) is -0.646. The second-order valence-electron chi connectivity index (χ2n) is 4.65. The van der Waals surface area contributed by atoms with E-state index in [2.05, 4.69) is 10.3 Å². The van der Waals surface area contributed by atoms with Crippen LogP contribution < -0.4 is 0 Å². The number of hydrogen-bond acceptors (Lipinski definition) is 7. The Morgan fingerprint density at radius 3 is 2.23 bits per heavy atom. The van der Waals surface area contributed by atoms with Crippen molar-refractivity contribution in [3.8, 4) is 0 Å². The van der Waals surface area contributed by atoms with E-state index in [1.54, 1.807) is 28.8 Å². The number of fused-ring (bicyclic) bond motifs is 1. The molecule has 0 N–H and O–H groups in total. The van der Waals surface area contributed by atoms with E-state index in [1.807, 2.05) is 18.9 Å². The molecule has 0 fully saturated rings. The Bertz CT molecular complexity index is 649. The zero-order valence-corrected chi connectivity index (χ0v) is 13.1. The Balaban J connectivity index is 1.87. The number of amides is 2. The fourth-order valence-corrected chi connectivity index (χ4v) is 3.25. The minimum atomic E-state index is -0.323. The first-order chi connectivity index (χ1) is 10.7. The molecular weight excluding hydrogens is 302 g/mol.